The van der Waals surface area contributed by atoms with Crippen LogP contribution in [0.1, 0.15) is 23.0 Å². The minimum Gasteiger partial charge on any atom is -0.336 e. The normalized spacial score (nSPS) is 12.7. The van der Waals surface area contributed by atoms with Crippen molar-refractivity contribution in [2.24, 2.45) is 7.05 Å². The van der Waals surface area contributed by atoms with Crippen LogP contribution < -0.4 is 5.32 Å². The van der Waals surface area contributed by atoms with Gasteiger partial charge in [-0.15, -0.1) is 0 Å². The first-order chi connectivity index (χ1) is 8.13. The largest absolute Gasteiger partial charge is 0.336 e. The van der Waals surface area contributed by atoms with Gasteiger partial charge in [0.15, 0.2) is 0 Å². The summed E-state index contributed by atoms with van der Waals surface area (Å²) in [5.41, 5.74) is 2.45. The lowest BCUT2D eigenvalue weighted by atomic mass is 10.0. The molecule has 90 valence electrons. The molecule has 1 aromatic heterocycles. The SMILES string of the molecule is CNC(c1ccc(C)c(Br)c1)c1nccn1C. The Balaban J connectivity index is 2.42. The first-order valence-corrected chi connectivity index (χ1v) is 6.33. The highest BCUT2D eigenvalue weighted by Crippen LogP contribution is 2.25. The molecule has 1 aromatic carbocycles. The Morgan fingerprint density at radius 3 is 2.71 bits per heavy atom. The highest BCUT2D eigenvalue weighted by Gasteiger charge is 2.16. The van der Waals surface area contributed by atoms with E-state index in [1.165, 1.54) is 11.1 Å². The average molecular weight is 294 g/mol. The predicted octanol–water partition coefficient (Wildman–Crippen LogP) is 2.80. The van der Waals surface area contributed by atoms with Crippen LogP contribution in [-0.4, -0.2) is 16.6 Å². The molecule has 0 amide bonds. The van der Waals surface area contributed by atoms with Gasteiger partial charge in [0.25, 0.3) is 0 Å². The summed E-state index contributed by atoms with van der Waals surface area (Å²) in [5.74, 6) is 1.02. The van der Waals surface area contributed by atoms with Gasteiger partial charge in [0.2, 0.25) is 0 Å². The number of nitrogens with one attached hydrogen (secondary N) is 1. The molecule has 0 aliphatic rings. The van der Waals surface area contributed by atoms with Crippen molar-refractivity contribution in [3.63, 3.8) is 0 Å². The summed E-state index contributed by atoms with van der Waals surface area (Å²) in [5, 5.41) is 3.30. The first-order valence-electron chi connectivity index (χ1n) is 5.54. The molecule has 0 saturated carbocycles. The van der Waals surface area contributed by atoms with Crippen LogP contribution >= 0.6 is 15.9 Å². The van der Waals surface area contributed by atoms with Gasteiger partial charge in [-0.2, -0.15) is 0 Å². The molecule has 0 bridgehead atoms. The van der Waals surface area contributed by atoms with Crippen molar-refractivity contribution in [1.82, 2.24) is 14.9 Å². The van der Waals surface area contributed by atoms with E-state index < -0.39 is 0 Å². The Bertz CT molecular complexity index is 519. The fourth-order valence-corrected chi connectivity index (χ4v) is 2.29. The van der Waals surface area contributed by atoms with E-state index in [2.05, 4.69) is 51.4 Å². The lowest BCUT2D eigenvalue weighted by molar-refractivity contribution is 0.617. The fourth-order valence-electron chi connectivity index (χ4n) is 1.89. The third-order valence-corrected chi connectivity index (χ3v) is 3.79. The summed E-state index contributed by atoms with van der Waals surface area (Å²) in [4.78, 5) is 4.40. The molecule has 0 fully saturated rings. The van der Waals surface area contributed by atoms with Crippen LogP contribution in [0.2, 0.25) is 0 Å². The number of imidazole rings is 1. The second-order valence-electron chi connectivity index (χ2n) is 4.13. The van der Waals surface area contributed by atoms with Crippen LogP contribution in [0.15, 0.2) is 35.1 Å². The fraction of sp³-hybridized carbons (Fsp3) is 0.308. The zero-order valence-corrected chi connectivity index (χ0v) is 11.8. The number of halogens is 1. The summed E-state index contributed by atoms with van der Waals surface area (Å²) >= 11 is 3.57. The minimum atomic E-state index is 0.117. The lowest BCUT2D eigenvalue weighted by Crippen LogP contribution is -2.21. The van der Waals surface area contributed by atoms with E-state index in [1.54, 1.807) is 0 Å². The minimum absolute atomic E-state index is 0.117. The molecule has 1 atom stereocenters. The van der Waals surface area contributed by atoms with Gasteiger partial charge in [-0.25, -0.2) is 4.98 Å². The molecule has 0 aliphatic carbocycles. The van der Waals surface area contributed by atoms with Gasteiger partial charge in [0, 0.05) is 23.9 Å². The Kier molecular flexibility index (Phi) is 3.64. The number of aryl methyl sites for hydroxylation is 2. The van der Waals surface area contributed by atoms with Crippen molar-refractivity contribution in [3.8, 4) is 0 Å². The molecule has 1 N–H and O–H groups in total. The molecule has 0 spiro atoms. The number of hydrogen-bond donors (Lipinski definition) is 1. The highest BCUT2D eigenvalue weighted by molar-refractivity contribution is 9.10. The van der Waals surface area contributed by atoms with Gasteiger partial charge in [-0.05, 0) is 31.2 Å². The van der Waals surface area contributed by atoms with Crippen molar-refractivity contribution in [2.75, 3.05) is 7.05 Å². The summed E-state index contributed by atoms with van der Waals surface area (Å²) < 4.78 is 3.17. The van der Waals surface area contributed by atoms with E-state index in [4.69, 9.17) is 0 Å². The quantitative estimate of drug-likeness (QED) is 0.943. The van der Waals surface area contributed by atoms with Crippen LogP contribution in [0, 0.1) is 6.92 Å². The van der Waals surface area contributed by atoms with Gasteiger partial charge >= 0.3 is 0 Å². The number of rotatable bonds is 3. The van der Waals surface area contributed by atoms with Gasteiger partial charge in [0.1, 0.15) is 5.82 Å². The maximum atomic E-state index is 4.40. The molecule has 0 aliphatic heterocycles. The summed E-state index contributed by atoms with van der Waals surface area (Å²) in [6, 6.07) is 6.51. The number of benzene rings is 1. The van der Waals surface area contributed by atoms with E-state index in [0.29, 0.717) is 0 Å². The van der Waals surface area contributed by atoms with E-state index in [0.717, 1.165) is 10.3 Å². The maximum Gasteiger partial charge on any atom is 0.130 e. The first kappa shape index (κ1) is 12.3. The van der Waals surface area contributed by atoms with Gasteiger partial charge in [-0.3, -0.25) is 0 Å². The van der Waals surface area contributed by atoms with E-state index >= 15 is 0 Å². The van der Waals surface area contributed by atoms with Crippen LogP contribution in [0.4, 0.5) is 0 Å². The Hall–Kier alpha value is -1.13. The zero-order chi connectivity index (χ0) is 12.4. The zero-order valence-electron chi connectivity index (χ0n) is 10.2. The second-order valence-corrected chi connectivity index (χ2v) is 4.98. The van der Waals surface area contributed by atoms with Gasteiger partial charge in [0.05, 0.1) is 6.04 Å². The Morgan fingerprint density at radius 2 is 2.18 bits per heavy atom. The monoisotopic (exact) mass is 293 g/mol. The van der Waals surface area contributed by atoms with Gasteiger partial charge < -0.3 is 9.88 Å². The Morgan fingerprint density at radius 1 is 1.41 bits per heavy atom. The lowest BCUT2D eigenvalue weighted by Gasteiger charge is -2.17. The average Bonchev–Trinajstić information content (AvgIpc) is 2.71. The standard InChI is InChI=1S/C13H16BrN3/c1-9-4-5-10(8-11(9)14)12(15-2)13-16-6-7-17(13)3/h4-8,12,15H,1-3H3. The molecular formula is C13H16BrN3. The van der Waals surface area contributed by atoms with Gasteiger partial charge in [-0.1, -0.05) is 28.1 Å². The third kappa shape index (κ3) is 2.42. The van der Waals surface area contributed by atoms with Crippen LogP contribution in [0.3, 0.4) is 0 Å². The van der Waals surface area contributed by atoms with Crippen LogP contribution in [0.5, 0.6) is 0 Å². The maximum absolute atomic E-state index is 4.40. The van der Waals surface area contributed by atoms with E-state index in [1.807, 2.05) is 31.1 Å². The topological polar surface area (TPSA) is 29.9 Å². The van der Waals surface area contributed by atoms with E-state index in [-0.39, 0.29) is 6.04 Å². The molecule has 17 heavy (non-hydrogen) atoms. The molecule has 0 radical (unpaired) electrons. The molecule has 0 saturated heterocycles. The summed E-state index contributed by atoms with van der Waals surface area (Å²) in [6.45, 7) is 2.09. The smallest absolute Gasteiger partial charge is 0.130 e. The van der Waals surface area contributed by atoms with Crippen LogP contribution in [0.25, 0.3) is 0 Å². The molecular weight excluding hydrogens is 278 g/mol. The second kappa shape index (κ2) is 5.02. The van der Waals surface area contributed by atoms with Crippen LogP contribution in [-0.2, 0) is 7.05 Å². The number of hydrogen-bond acceptors (Lipinski definition) is 2. The van der Waals surface area contributed by atoms with E-state index in [9.17, 15) is 0 Å². The summed E-state index contributed by atoms with van der Waals surface area (Å²) in [7, 11) is 3.96. The van der Waals surface area contributed by atoms with Crippen molar-refractivity contribution in [2.45, 2.75) is 13.0 Å². The molecule has 2 aromatic rings. The molecule has 2 rings (SSSR count). The Labute approximate surface area is 110 Å². The van der Waals surface area contributed by atoms with Crippen molar-refractivity contribution >= 4 is 15.9 Å². The van der Waals surface area contributed by atoms with Crippen molar-refractivity contribution < 1.29 is 0 Å². The van der Waals surface area contributed by atoms with Crippen molar-refractivity contribution in [1.29, 1.82) is 0 Å². The number of nitrogens with zero attached hydrogens (tertiary/aromatic N) is 2. The highest BCUT2D eigenvalue weighted by atomic mass is 79.9. The number of aromatic nitrogens is 2. The molecule has 3 nitrogen and oxygen atoms in total. The molecule has 1 unspecified atom stereocenters. The summed E-state index contributed by atoms with van der Waals surface area (Å²) in [6.07, 6.45) is 3.78. The predicted molar refractivity (Wildman–Crippen MR) is 73.0 cm³/mol. The molecule has 1 heterocycles. The van der Waals surface area contributed by atoms with Crippen molar-refractivity contribution in [3.05, 3.63) is 52.0 Å². The molecule has 4 heteroatoms. The third-order valence-electron chi connectivity index (χ3n) is 2.93.